The highest BCUT2D eigenvalue weighted by Crippen LogP contribution is 2.12. The number of aromatic nitrogens is 1. The number of nitrogens with one attached hydrogen (secondary N) is 3. The van der Waals surface area contributed by atoms with Gasteiger partial charge in [-0.15, -0.1) is 0 Å². The molecule has 0 aliphatic rings. The van der Waals surface area contributed by atoms with Gasteiger partial charge in [0.1, 0.15) is 5.69 Å². The summed E-state index contributed by atoms with van der Waals surface area (Å²) in [5.74, 6) is -1.19. The van der Waals surface area contributed by atoms with Gasteiger partial charge in [-0.3, -0.25) is 25.3 Å². The fourth-order valence-corrected chi connectivity index (χ4v) is 3.20. The Labute approximate surface area is 160 Å². The first kappa shape index (κ1) is 19.4. The summed E-state index contributed by atoms with van der Waals surface area (Å²) in [5, 5.41) is 0.890. The van der Waals surface area contributed by atoms with Crippen LogP contribution in [0, 0.1) is 0 Å². The molecule has 0 saturated carbocycles. The van der Waals surface area contributed by atoms with E-state index in [-0.39, 0.29) is 16.2 Å². The Morgan fingerprint density at radius 1 is 0.893 bits per heavy atom. The molecule has 3 rings (SSSR count). The summed E-state index contributed by atoms with van der Waals surface area (Å²) in [4.78, 5) is 34.8. The number of nitrogens with zero attached hydrogens (tertiary/aromatic N) is 1. The van der Waals surface area contributed by atoms with Crippen molar-refractivity contribution in [3.8, 4) is 0 Å². The number of hydrogen-bond donors (Lipinski definition) is 3. The van der Waals surface area contributed by atoms with Crippen LogP contribution in [0.2, 0.25) is 0 Å². The maximum atomic E-state index is 12.2. The second-order valence-corrected chi connectivity index (χ2v) is 7.26. The first-order valence-corrected chi connectivity index (χ1v) is 9.50. The number of rotatable bonds is 5. The standard InChI is InChI=1S/C18H16N4O5S/c1-27-22-28(25,26)14-9-6-13(7-10-14)17(23)20-21-18(24)16-11-8-12-4-2-3-5-15(12)19-16/h2-11,22H,1H3,(H,20,23)(H,21,24). The van der Waals surface area contributed by atoms with Gasteiger partial charge in [0.05, 0.1) is 17.5 Å². The van der Waals surface area contributed by atoms with Crippen LogP contribution in [0.1, 0.15) is 20.8 Å². The lowest BCUT2D eigenvalue weighted by molar-refractivity contribution is 0.0844. The van der Waals surface area contributed by atoms with Crippen molar-refractivity contribution in [2.24, 2.45) is 0 Å². The molecular weight excluding hydrogens is 384 g/mol. The molecule has 0 saturated heterocycles. The molecule has 0 unspecified atom stereocenters. The molecule has 0 atom stereocenters. The van der Waals surface area contributed by atoms with E-state index in [1.54, 1.807) is 18.2 Å². The normalized spacial score (nSPS) is 11.2. The van der Waals surface area contributed by atoms with Gasteiger partial charge in [0.2, 0.25) is 0 Å². The number of para-hydroxylation sites is 1. The van der Waals surface area contributed by atoms with Crippen LogP contribution in [-0.4, -0.2) is 32.3 Å². The third kappa shape index (κ3) is 4.31. The fourth-order valence-electron chi connectivity index (χ4n) is 2.39. The molecule has 0 fully saturated rings. The number of sulfonamides is 1. The van der Waals surface area contributed by atoms with Gasteiger partial charge in [-0.25, -0.2) is 13.4 Å². The average Bonchev–Trinajstić information content (AvgIpc) is 2.71. The molecule has 9 nitrogen and oxygen atoms in total. The number of hydrazine groups is 1. The molecule has 10 heteroatoms. The Hall–Kier alpha value is -3.34. The zero-order chi connectivity index (χ0) is 20.1. The van der Waals surface area contributed by atoms with Gasteiger partial charge in [-0.1, -0.05) is 29.2 Å². The van der Waals surface area contributed by atoms with Gasteiger partial charge in [0, 0.05) is 10.9 Å². The second kappa shape index (κ2) is 8.13. The van der Waals surface area contributed by atoms with Gasteiger partial charge in [-0.2, -0.15) is 0 Å². The van der Waals surface area contributed by atoms with Crippen molar-refractivity contribution >= 4 is 32.7 Å². The minimum Gasteiger partial charge on any atom is -0.290 e. The van der Waals surface area contributed by atoms with E-state index in [1.807, 2.05) is 23.1 Å². The monoisotopic (exact) mass is 400 g/mol. The predicted molar refractivity (Wildman–Crippen MR) is 100 cm³/mol. The van der Waals surface area contributed by atoms with Crippen LogP contribution < -0.4 is 15.7 Å². The lowest BCUT2D eigenvalue weighted by Crippen LogP contribution is -2.41. The molecule has 0 spiro atoms. The topological polar surface area (TPSA) is 126 Å². The van der Waals surface area contributed by atoms with Crippen molar-refractivity contribution in [1.29, 1.82) is 0 Å². The van der Waals surface area contributed by atoms with Crippen LogP contribution >= 0.6 is 0 Å². The SMILES string of the molecule is CONS(=O)(=O)c1ccc(C(=O)NNC(=O)c2ccc3ccccc3n2)cc1. The quantitative estimate of drug-likeness (QED) is 0.552. The molecule has 3 N–H and O–H groups in total. The summed E-state index contributed by atoms with van der Waals surface area (Å²) in [6.07, 6.45) is 0. The Kier molecular flexibility index (Phi) is 5.64. The highest BCUT2D eigenvalue weighted by atomic mass is 32.2. The summed E-state index contributed by atoms with van der Waals surface area (Å²) in [7, 11) is -2.64. The Balaban J connectivity index is 1.65. The van der Waals surface area contributed by atoms with Crippen LogP contribution in [-0.2, 0) is 14.9 Å². The van der Waals surface area contributed by atoms with E-state index in [4.69, 9.17) is 0 Å². The van der Waals surface area contributed by atoms with Crippen molar-refractivity contribution in [1.82, 2.24) is 20.7 Å². The third-order valence-electron chi connectivity index (χ3n) is 3.74. The first-order valence-electron chi connectivity index (χ1n) is 8.02. The van der Waals surface area contributed by atoms with E-state index in [0.717, 1.165) is 5.39 Å². The molecule has 0 radical (unpaired) electrons. The Morgan fingerprint density at radius 3 is 2.29 bits per heavy atom. The lowest BCUT2D eigenvalue weighted by atomic mass is 10.2. The predicted octanol–water partition coefficient (Wildman–Crippen LogP) is 1.15. The summed E-state index contributed by atoms with van der Waals surface area (Å²) in [5.41, 5.74) is 5.49. The molecule has 0 aliphatic carbocycles. The third-order valence-corrected chi connectivity index (χ3v) is 5.02. The number of pyridine rings is 1. The first-order chi connectivity index (χ1) is 13.4. The fraction of sp³-hybridized carbons (Fsp3) is 0.0556. The highest BCUT2D eigenvalue weighted by molar-refractivity contribution is 7.89. The molecule has 2 aromatic carbocycles. The van der Waals surface area contributed by atoms with Crippen LogP contribution in [0.15, 0.2) is 65.6 Å². The second-order valence-electron chi connectivity index (χ2n) is 5.61. The maximum absolute atomic E-state index is 12.2. The minimum atomic E-state index is -3.81. The largest absolute Gasteiger partial charge is 0.290 e. The summed E-state index contributed by atoms with van der Waals surface area (Å²) in [6.45, 7) is 0. The van der Waals surface area contributed by atoms with E-state index in [1.165, 1.54) is 31.4 Å². The molecule has 0 bridgehead atoms. The summed E-state index contributed by atoms with van der Waals surface area (Å²) in [6, 6.07) is 15.7. The van der Waals surface area contributed by atoms with Crippen molar-refractivity contribution in [2.75, 3.05) is 7.11 Å². The van der Waals surface area contributed by atoms with Crippen molar-refractivity contribution in [2.45, 2.75) is 4.90 Å². The number of benzene rings is 2. The number of carbonyl (C=O) groups is 2. The number of hydrogen-bond acceptors (Lipinski definition) is 6. The summed E-state index contributed by atoms with van der Waals surface area (Å²) < 4.78 is 23.6. The number of fused-ring (bicyclic) bond motifs is 1. The average molecular weight is 400 g/mol. The van der Waals surface area contributed by atoms with Crippen LogP contribution in [0.25, 0.3) is 10.9 Å². The van der Waals surface area contributed by atoms with Crippen molar-refractivity contribution in [3.05, 3.63) is 71.9 Å². The Morgan fingerprint density at radius 2 is 1.57 bits per heavy atom. The van der Waals surface area contributed by atoms with E-state index >= 15 is 0 Å². The highest BCUT2D eigenvalue weighted by Gasteiger charge is 2.15. The zero-order valence-corrected chi connectivity index (χ0v) is 15.5. The zero-order valence-electron chi connectivity index (χ0n) is 14.7. The Bertz CT molecular complexity index is 1130. The maximum Gasteiger partial charge on any atom is 0.288 e. The van der Waals surface area contributed by atoms with Crippen molar-refractivity contribution < 1.29 is 22.8 Å². The summed E-state index contributed by atoms with van der Waals surface area (Å²) >= 11 is 0. The van der Waals surface area contributed by atoms with Crippen LogP contribution in [0.5, 0.6) is 0 Å². The molecule has 28 heavy (non-hydrogen) atoms. The van der Waals surface area contributed by atoms with Gasteiger partial charge in [0.25, 0.3) is 21.8 Å². The minimum absolute atomic E-state index is 0.0738. The molecule has 2 amide bonds. The molecule has 144 valence electrons. The molecule has 3 aromatic rings. The van der Waals surface area contributed by atoms with Crippen LogP contribution in [0.4, 0.5) is 0 Å². The van der Waals surface area contributed by atoms with E-state index in [0.29, 0.717) is 5.52 Å². The van der Waals surface area contributed by atoms with E-state index < -0.39 is 21.8 Å². The molecule has 1 aromatic heterocycles. The molecule has 0 aliphatic heterocycles. The number of amides is 2. The smallest absolute Gasteiger partial charge is 0.288 e. The lowest BCUT2D eigenvalue weighted by Gasteiger charge is -2.08. The van der Waals surface area contributed by atoms with Gasteiger partial charge in [-0.05, 0) is 36.4 Å². The van der Waals surface area contributed by atoms with Gasteiger partial charge < -0.3 is 0 Å². The van der Waals surface area contributed by atoms with E-state index in [2.05, 4.69) is 20.7 Å². The number of carbonyl (C=O) groups excluding carboxylic acids is 2. The van der Waals surface area contributed by atoms with E-state index in [9.17, 15) is 18.0 Å². The van der Waals surface area contributed by atoms with Gasteiger partial charge in [0.15, 0.2) is 0 Å². The molecular formula is C18H16N4O5S. The van der Waals surface area contributed by atoms with Crippen molar-refractivity contribution in [3.63, 3.8) is 0 Å². The van der Waals surface area contributed by atoms with Gasteiger partial charge >= 0.3 is 0 Å². The van der Waals surface area contributed by atoms with Crippen LogP contribution in [0.3, 0.4) is 0 Å². The molecule has 1 heterocycles.